The van der Waals surface area contributed by atoms with E-state index >= 15 is 0 Å². The average Bonchev–Trinajstić information content (AvgIpc) is 3.34. The van der Waals surface area contributed by atoms with Crippen LogP contribution < -0.4 is 4.90 Å². The first kappa shape index (κ1) is 22.8. The zero-order valence-corrected chi connectivity index (χ0v) is 20.6. The highest BCUT2D eigenvalue weighted by Crippen LogP contribution is 2.45. The zero-order chi connectivity index (χ0) is 25.0. The van der Waals surface area contributed by atoms with Crippen LogP contribution >= 0.6 is 11.3 Å². The number of carbonyl (C=O) groups is 2. The Bertz CT molecular complexity index is 1570. The summed E-state index contributed by atoms with van der Waals surface area (Å²) in [6.45, 7) is 7.69. The minimum Gasteiger partial charge on any atom is -0.508 e. The molecule has 7 heteroatoms. The first-order valence-corrected chi connectivity index (χ1v) is 12.0. The Kier molecular flexibility index (Phi) is 5.44. The van der Waals surface area contributed by atoms with Crippen molar-refractivity contribution in [2.75, 3.05) is 4.90 Å². The molecule has 1 amide bonds. The van der Waals surface area contributed by atoms with Gasteiger partial charge >= 0.3 is 5.91 Å². The molecular weight excluding hydrogens is 460 g/mol. The van der Waals surface area contributed by atoms with E-state index in [4.69, 9.17) is 4.98 Å². The molecular formula is C28H24N2O4S. The highest BCUT2D eigenvalue weighted by atomic mass is 32.1. The second kappa shape index (κ2) is 8.36. The fourth-order valence-electron chi connectivity index (χ4n) is 4.64. The van der Waals surface area contributed by atoms with Gasteiger partial charge in [-0.15, -0.1) is 0 Å². The van der Waals surface area contributed by atoms with E-state index < -0.39 is 17.7 Å². The van der Waals surface area contributed by atoms with Gasteiger partial charge in [0.25, 0.3) is 5.78 Å². The smallest absolute Gasteiger partial charge is 0.301 e. The molecule has 2 N–H and O–H groups in total. The largest absolute Gasteiger partial charge is 0.508 e. The van der Waals surface area contributed by atoms with Crippen molar-refractivity contribution in [1.82, 2.24) is 4.98 Å². The number of hydrogen-bond donors (Lipinski definition) is 2. The summed E-state index contributed by atoms with van der Waals surface area (Å²) in [6.07, 6.45) is 0. The van der Waals surface area contributed by atoms with Crippen LogP contribution in [0.1, 0.15) is 39.4 Å². The number of ketones is 1. The molecule has 0 bridgehead atoms. The number of nitrogens with zero attached hydrogens (tertiary/aromatic N) is 2. The third-order valence-electron chi connectivity index (χ3n) is 6.30. The number of thiazole rings is 1. The number of aliphatic hydroxyl groups is 1. The molecule has 5 rings (SSSR count). The highest BCUT2D eigenvalue weighted by molar-refractivity contribution is 7.22. The lowest BCUT2D eigenvalue weighted by Crippen LogP contribution is -2.29. The fourth-order valence-corrected chi connectivity index (χ4v) is 5.81. The lowest BCUT2D eigenvalue weighted by molar-refractivity contribution is -0.132. The SMILES string of the molecule is Cc1ccc(C)c(/C(O)=C2\C(=O)C(=O)N(c3nc4c(C)cc(C)cc4s3)C2c2cccc(O)c2)c1. The van der Waals surface area contributed by atoms with Crippen LogP contribution in [0.4, 0.5) is 5.13 Å². The number of rotatable bonds is 3. The predicted molar refractivity (Wildman–Crippen MR) is 138 cm³/mol. The van der Waals surface area contributed by atoms with Crippen LogP contribution in [-0.4, -0.2) is 26.9 Å². The summed E-state index contributed by atoms with van der Waals surface area (Å²) in [7, 11) is 0. The minimum absolute atomic E-state index is 0.00408. The number of amides is 1. The van der Waals surface area contributed by atoms with Crippen LogP contribution in [-0.2, 0) is 9.59 Å². The maximum atomic E-state index is 13.4. The minimum atomic E-state index is -0.941. The lowest BCUT2D eigenvalue weighted by atomic mass is 9.93. The molecule has 3 aromatic carbocycles. The molecule has 1 fully saturated rings. The van der Waals surface area contributed by atoms with Gasteiger partial charge in [0.05, 0.1) is 21.8 Å². The van der Waals surface area contributed by atoms with E-state index in [0.717, 1.165) is 32.5 Å². The fraction of sp³-hybridized carbons (Fsp3) is 0.179. The monoisotopic (exact) mass is 484 g/mol. The van der Waals surface area contributed by atoms with Gasteiger partial charge < -0.3 is 10.2 Å². The van der Waals surface area contributed by atoms with Crippen LogP contribution in [0.3, 0.4) is 0 Å². The third-order valence-corrected chi connectivity index (χ3v) is 7.30. The number of hydrogen-bond acceptors (Lipinski definition) is 6. The van der Waals surface area contributed by atoms with Gasteiger partial charge in [0.15, 0.2) is 5.13 Å². The predicted octanol–water partition coefficient (Wildman–Crippen LogP) is 5.86. The van der Waals surface area contributed by atoms with E-state index in [1.165, 1.54) is 28.4 Å². The van der Waals surface area contributed by atoms with E-state index in [9.17, 15) is 19.8 Å². The quantitative estimate of drug-likeness (QED) is 0.216. The number of aliphatic hydroxyl groups excluding tert-OH is 1. The molecule has 1 aliphatic heterocycles. The number of carbonyl (C=O) groups excluding carboxylic acids is 2. The summed E-state index contributed by atoms with van der Waals surface area (Å²) in [5.74, 6) is -1.80. The van der Waals surface area contributed by atoms with Crippen molar-refractivity contribution in [3.05, 3.63) is 93.6 Å². The molecule has 176 valence electrons. The Balaban J connectivity index is 1.78. The molecule has 0 aliphatic carbocycles. The number of phenols is 1. The first-order valence-electron chi connectivity index (χ1n) is 11.2. The van der Waals surface area contributed by atoms with E-state index in [0.29, 0.717) is 16.3 Å². The summed E-state index contributed by atoms with van der Waals surface area (Å²) in [5.41, 5.74) is 5.47. The number of fused-ring (bicyclic) bond motifs is 1. The Morgan fingerprint density at radius 1 is 0.943 bits per heavy atom. The number of aromatic nitrogens is 1. The highest BCUT2D eigenvalue weighted by Gasteiger charge is 2.48. The number of aryl methyl sites for hydroxylation is 4. The van der Waals surface area contributed by atoms with Gasteiger partial charge in [-0.05, 0) is 74.2 Å². The van der Waals surface area contributed by atoms with Crippen LogP contribution in [0.2, 0.25) is 0 Å². The number of phenolic OH excluding ortho intramolecular Hbond substituents is 1. The van der Waals surface area contributed by atoms with Gasteiger partial charge in [-0.2, -0.15) is 0 Å². The first-order chi connectivity index (χ1) is 16.7. The van der Waals surface area contributed by atoms with Crippen LogP contribution in [0.25, 0.3) is 16.0 Å². The van der Waals surface area contributed by atoms with Gasteiger partial charge in [-0.3, -0.25) is 14.5 Å². The van der Waals surface area contributed by atoms with Crippen molar-refractivity contribution in [3.63, 3.8) is 0 Å². The van der Waals surface area contributed by atoms with Crippen LogP contribution in [0, 0.1) is 27.7 Å². The van der Waals surface area contributed by atoms with Gasteiger partial charge in [-0.25, -0.2) is 4.98 Å². The summed E-state index contributed by atoms with van der Waals surface area (Å²) < 4.78 is 0.906. The van der Waals surface area contributed by atoms with Crippen LogP contribution in [0.15, 0.2) is 60.2 Å². The molecule has 6 nitrogen and oxygen atoms in total. The molecule has 4 aromatic rings. The number of benzene rings is 3. The topological polar surface area (TPSA) is 90.7 Å². The van der Waals surface area contributed by atoms with Crippen molar-refractivity contribution in [2.45, 2.75) is 33.7 Å². The molecule has 1 aliphatic rings. The second-order valence-electron chi connectivity index (χ2n) is 9.01. The summed E-state index contributed by atoms with van der Waals surface area (Å²) >= 11 is 1.32. The van der Waals surface area contributed by atoms with Crippen molar-refractivity contribution < 1.29 is 19.8 Å². The Hall–Kier alpha value is -3.97. The maximum absolute atomic E-state index is 13.4. The van der Waals surface area contributed by atoms with E-state index in [1.54, 1.807) is 18.2 Å². The van der Waals surface area contributed by atoms with Crippen molar-refractivity contribution >= 4 is 44.1 Å². The summed E-state index contributed by atoms with van der Waals surface area (Å²) in [6, 6.07) is 15.0. The van der Waals surface area contributed by atoms with E-state index in [2.05, 4.69) is 0 Å². The van der Waals surface area contributed by atoms with Gasteiger partial charge in [0, 0.05) is 5.56 Å². The molecule has 1 saturated heterocycles. The molecule has 1 aromatic heterocycles. The van der Waals surface area contributed by atoms with Gasteiger partial charge in [0.1, 0.15) is 11.5 Å². The average molecular weight is 485 g/mol. The molecule has 0 saturated carbocycles. The second-order valence-corrected chi connectivity index (χ2v) is 10.0. The molecule has 2 heterocycles. The Labute approximate surface area is 206 Å². The standard InChI is InChI=1S/C28H24N2O4S/c1-14-8-9-16(3)20(11-14)25(32)22-24(18-6-5-7-19(31)13-18)30(27(34)26(22)33)28-29-23-17(4)10-15(2)12-21(23)35-28/h5-13,24,31-32H,1-4H3/b25-22+. The maximum Gasteiger partial charge on any atom is 0.301 e. The zero-order valence-electron chi connectivity index (χ0n) is 19.8. The van der Waals surface area contributed by atoms with Crippen molar-refractivity contribution in [3.8, 4) is 5.75 Å². The van der Waals surface area contributed by atoms with Crippen molar-refractivity contribution in [1.29, 1.82) is 0 Å². The molecule has 0 spiro atoms. The number of anilines is 1. The van der Waals surface area contributed by atoms with Crippen LogP contribution in [0.5, 0.6) is 5.75 Å². The van der Waals surface area contributed by atoms with E-state index in [1.807, 2.05) is 52.0 Å². The third kappa shape index (κ3) is 3.78. The molecule has 0 radical (unpaired) electrons. The van der Waals surface area contributed by atoms with Gasteiger partial charge in [-0.1, -0.05) is 47.2 Å². The molecule has 35 heavy (non-hydrogen) atoms. The number of aromatic hydroxyl groups is 1. The summed E-state index contributed by atoms with van der Waals surface area (Å²) in [5, 5.41) is 22.0. The lowest BCUT2D eigenvalue weighted by Gasteiger charge is -2.23. The van der Waals surface area contributed by atoms with E-state index in [-0.39, 0.29) is 17.1 Å². The van der Waals surface area contributed by atoms with Gasteiger partial charge in [0.2, 0.25) is 0 Å². The Morgan fingerprint density at radius 2 is 1.71 bits per heavy atom. The number of Topliss-reactive ketones (excluding diaryl/α,β-unsaturated/α-hetero) is 1. The Morgan fingerprint density at radius 3 is 2.46 bits per heavy atom. The summed E-state index contributed by atoms with van der Waals surface area (Å²) in [4.78, 5) is 32.9. The molecule has 1 atom stereocenters. The normalized spacial score (nSPS) is 17.5. The van der Waals surface area contributed by atoms with Crippen molar-refractivity contribution in [2.24, 2.45) is 0 Å². The molecule has 1 unspecified atom stereocenters.